The molecule has 150 valence electrons. The van der Waals surface area contributed by atoms with E-state index in [-0.39, 0.29) is 0 Å². The normalized spacial score (nSPS) is 11.8. The third-order valence-electron chi connectivity index (χ3n) is 4.62. The number of hydrogen-bond donors (Lipinski definition) is 0. The highest BCUT2D eigenvalue weighted by Crippen LogP contribution is 2.42. The lowest BCUT2D eigenvalue weighted by Gasteiger charge is -2.15. The lowest BCUT2D eigenvalue weighted by molar-refractivity contribution is 0.0899. The molecule has 3 aromatic rings. The average Bonchev–Trinajstić information content (AvgIpc) is 3.03. The van der Waals surface area contributed by atoms with E-state index in [0.29, 0.717) is 6.73 Å². The van der Waals surface area contributed by atoms with Crippen molar-refractivity contribution in [1.82, 2.24) is 9.55 Å². The van der Waals surface area contributed by atoms with E-state index in [0.717, 1.165) is 50.8 Å². The van der Waals surface area contributed by atoms with Gasteiger partial charge in [0.05, 0.1) is 24.1 Å². The van der Waals surface area contributed by atoms with Crippen molar-refractivity contribution in [3.05, 3.63) is 41.1 Å². The van der Waals surface area contributed by atoms with Gasteiger partial charge in [-0.05, 0) is 28.0 Å². The minimum absolute atomic E-state index is 0.452. The Morgan fingerprint density at radius 1 is 1.07 bits per heavy atom. The van der Waals surface area contributed by atoms with Gasteiger partial charge in [-0.2, -0.15) is 0 Å². The van der Waals surface area contributed by atoms with E-state index in [1.165, 1.54) is 0 Å². The Morgan fingerprint density at radius 3 is 2.50 bits per heavy atom. The molecule has 0 unspecified atom stereocenters. The summed E-state index contributed by atoms with van der Waals surface area (Å²) in [6.07, 6.45) is 3.84. The number of halogens is 1. The zero-order valence-electron chi connectivity index (χ0n) is 17.1. The summed E-state index contributed by atoms with van der Waals surface area (Å²) in [5.74, 6) is 1.56. The van der Waals surface area contributed by atoms with Crippen molar-refractivity contribution in [2.75, 3.05) is 20.8 Å². The standard InChI is InChI=1S/C21H27BrN2O3Si/c1-25-18-9-7-6-8-15(18)16-13-24(14-27-10-11-28(3,4)5)21-19(16)20(26-2)17(22)12-23-21/h6-9,12-13H,10-11,14H2,1-5H3. The maximum atomic E-state index is 5.99. The molecule has 0 atom stereocenters. The first-order chi connectivity index (χ1) is 13.4. The first-order valence-electron chi connectivity index (χ1n) is 9.28. The number of fused-ring (bicyclic) bond motifs is 1. The van der Waals surface area contributed by atoms with Crippen molar-refractivity contribution < 1.29 is 14.2 Å². The molecule has 0 aliphatic heterocycles. The molecular formula is C21H27BrN2O3Si. The third-order valence-corrected chi connectivity index (χ3v) is 6.89. The van der Waals surface area contributed by atoms with Crippen molar-refractivity contribution >= 4 is 35.0 Å². The largest absolute Gasteiger partial charge is 0.496 e. The Labute approximate surface area is 175 Å². The van der Waals surface area contributed by atoms with Crippen LogP contribution in [0, 0.1) is 0 Å². The highest BCUT2D eigenvalue weighted by molar-refractivity contribution is 9.10. The molecule has 0 saturated heterocycles. The summed E-state index contributed by atoms with van der Waals surface area (Å²) in [4.78, 5) is 4.64. The number of methoxy groups -OCH3 is 2. The van der Waals surface area contributed by atoms with E-state index in [4.69, 9.17) is 14.2 Å². The van der Waals surface area contributed by atoms with Crippen LogP contribution in [0.3, 0.4) is 0 Å². The van der Waals surface area contributed by atoms with E-state index in [2.05, 4.69) is 46.8 Å². The summed E-state index contributed by atoms with van der Waals surface area (Å²) in [6.45, 7) is 8.27. The fourth-order valence-corrected chi connectivity index (χ4v) is 4.33. The van der Waals surface area contributed by atoms with Crippen LogP contribution in [0.2, 0.25) is 25.7 Å². The van der Waals surface area contributed by atoms with E-state index in [1.807, 2.05) is 28.8 Å². The number of hydrogen-bond acceptors (Lipinski definition) is 4. The number of aromatic nitrogens is 2. The van der Waals surface area contributed by atoms with Gasteiger partial charge >= 0.3 is 0 Å². The van der Waals surface area contributed by atoms with Crippen LogP contribution < -0.4 is 9.47 Å². The van der Waals surface area contributed by atoms with Crippen LogP contribution in [0.5, 0.6) is 11.5 Å². The van der Waals surface area contributed by atoms with Crippen molar-refractivity contribution in [2.24, 2.45) is 0 Å². The van der Waals surface area contributed by atoms with Gasteiger partial charge in [-0.3, -0.25) is 0 Å². The summed E-state index contributed by atoms with van der Waals surface area (Å²) in [5.41, 5.74) is 2.83. The Morgan fingerprint density at radius 2 is 1.82 bits per heavy atom. The molecule has 0 aliphatic rings. The Bertz CT molecular complexity index is 966. The van der Waals surface area contributed by atoms with E-state index in [9.17, 15) is 0 Å². The van der Waals surface area contributed by atoms with Crippen molar-refractivity contribution in [3.8, 4) is 22.6 Å². The summed E-state index contributed by atoms with van der Waals surface area (Å²) in [6, 6.07) is 9.11. The van der Waals surface area contributed by atoms with Crippen molar-refractivity contribution in [3.63, 3.8) is 0 Å². The molecule has 0 saturated carbocycles. The van der Waals surface area contributed by atoms with E-state index >= 15 is 0 Å². The van der Waals surface area contributed by atoms with Crippen LogP contribution in [-0.4, -0.2) is 38.5 Å². The molecule has 2 heterocycles. The fourth-order valence-electron chi connectivity index (χ4n) is 3.11. The zero-order chi connectivity index (χ0) is 20.3. The molecule has 1 aromatic carbocycles. The topological polar surface area (TPSA) is 45.5 Å². The molecule has 0 fully saturated rings. The molecule has 0 bridgehead atoms. The van der Waals surface area contributed by atoms with Gasteiger partial charge in [-0.25, -0.2) is 4.98 Å². The molecule has 0 radical (unpaired) electrons. The van der Waals surface area contributed by atoms with Gasteiger partial charge in [0.1, 0.15) is 23.9 Å². The molecule has 7 heteroatoms. The molecule has 0 aliphatic carbocycles. The number of benzene rings is 1. The molecule has 0 N–H and O–H groups in total. The Hall–Kier alpha value is -1.83. The van der Waals surface area contributed by atoms with Gasteiger partial charge in [0, 0.05) is 38.2 Å². The third kappa shape index (κ3) is 4.42. The van der Waals surface area contributed by atoms with Gasteiger partial charge in [0.15, 0.2) is 0 Å². The second kappa shape index (κ2) is 8.67. The average molecular weight is 463 g/mol. The van der Waals surface area contributed by atoms with Gasteiger partial charge in [-0.15, -0.1) is 0 Å². The quantitative estimate of drug-likeness (QED) is 0.313. The lowest BCUT2D eigenvalue weighted by Crippen LogP contribution is -2.22. The molecule has 0 spiro atoms. The molecule has 2 aromatic heterocycles. The molecule has 5 nitrogen and oxygen atoms in total. The second-order valence-corrected chi connectivity index (χ2v) is 14.4. The smallest absolute Gasteiger partial charge is 0.146 e. The van der Waals surface area contributed by atoms with Gasteiger partial charge in [0.25, 0.3) is 0 Å². The van der Waals surface area contributed by atoms with Crippen LogP contribution in [0.15, 0.2) is 41.1 Å². The minimum atomic E-state index is -1.12. The Kier molecular flexibility index (Phi) is 6.47. The number of pyridine rings is 1. The molecular weight excluding hydrogens is 436 g/mol. The van der Waals surface area contributed by atoms with Crippen LogP contribution in [0.25, 0.3) is 22.2 Å². The summed E-state index contributed by atoms with van der Waals surface area (Å²) in [5, 5.41) is 0.940. The molecule has 0 amide bonds. The summed E-state index contributed by atoms with van der Waals surface area (Å²) in [7, 11) is 2.23. The van der Waals surface area contributed by atoms with E-state index < -0.39 is 8.07 Å². The van der Waals surface area contributed by atoms with Crippen LogP contribution in [-0.2, 0) is 11.5 Å². The first kappa shape index (κ1) is 20.9. The maximum absolute atomic E-state index is 5.99. The Balaban J connectivity index is 2.06. The predicted octanol–water partition coefficient (Wildman–Crippen LogP) is 5.80. The predicted molar refractivity (Wildman–Crippen MR) is 120 cm³/mol. The lowest BCUT2D eigenvalue weighted by atomic mass is 10.0. The number of rotatable bonds is 8. The molecule has 28 heavy (non-hydrogen) atoms. The monoisotopic (exact) mass is 462 g/mol. The summed E-state index contributed by atoms with van der Waals surface area (Å²) >= 11 is 3.56. The van der Waals surface area contributed by atoms with Crippen molar-refractivity contribution in [1.29, 1.82) is 0 Å². The number of nitrogens with zero attached hydrogens (tertiary/aromatic N) is 2. The first-order valence-corrected chi connectivity index (χ1v) is 13.8. The maximum Gasteiger partial charge on any atom is 0.146 e. The highest BCUT2D eigenvalue weighted by atomic mass is 79.9. The van der Waals surface area contributed by atoms with Crippen LogP contribution >= 0.6 is 15.9 Å². The minimum Gasteiger partial charge on any atom is -0.496 e. The van der Waals surface area contributed by atoms with Crippen LogP contribution in [0.4, 0.5) is 0 Å². The highest BCUT2D eigenvalue weighted by Gasteiger charge is 2.20. The number of para-hydroxylation sites is 1. The van der Waals surface area contributed by atoms with Gasteiger partial charge in [0.2, 0.25) is 0 Å². The SMILES string of the molecule is COc1ccccc1-c1cn(COCC[Si](C)(C)C)c2ncc(Br)c(OC)c12. The van der Waals surface area contributed by atoms with Gasteiger partial charge < -0.3 is 18.8 Å². The number of ether oxygens (including phenoxy) is 3. The fraction of sp³-hybridized carbons (Fsp3) is 0.381. The summed E-state index contributed by atoms with van der Waals surface area (Å²) < 4.78 is 20.1. The zero-order valence-corrected chi connectivity index (χ0v) is 19.7. The van der Waals surface area contributed by atoms with Crippen molar-refractivity contribution in [2.45, 2.75) is 32.4 Å². The second-order valence-electron chi connectivity index (χ2n) is 7.90. The van der Waals surface area contributed by atoms with Crippen LogP contribution in [0.1, 0.15) is 0 Å². The van der Waals surface area contributed by atoms with E-state index in [1.54, 1.807) is 20.4 Å². The molecule has 3 rings (SSSR count). The van der Waals surface area contributed by atoms with Gasteiger partial charge in [-0.1, -0.05) is 37.8 Å².